The summed E-state index contributed by atoms with van der Waals surface area (Å²) in [6.45, 7) is 0.559. The number of rotatable bonds is 5. The fourth-order valence-electron chi connectivity index (χ4n) is 2.16. The van der Waals surface area contributed by atoms with E-state index in [2.05, 4.69) is 29.2 Å². The van der Waals surface area contributed by atoms with Crippen molar-refractivity contribution in [3.05, 3.63) is 54.9 Å². The van der Waals surface area contributed by atoms with Crippen molar-refractivity contribution in [1.82, 2.24) is 9.55 Å². The first-order valence-electron chi connectivity index (χ1n) is 6.69. The molecule has 0 atom stereocenters. The topological polar surface area (TPSA) is 60.9 Å². The molecule has 0 radical (unpaired) electrons. The van der Waals surface area contributed by atoms with Crippen molar-refractivity contribution in [2.75, 3.05) is 0 Å². The molecule has 0 saturated heterocycles. The molecule has 2 heterocycles. The van der Waals surface area contributed by atoms with Crippen LogP contribution in [0.15, 0.2) is 54.9 Å². The number of carbonyl (C=O) groups excluding carboxylic acids is 1. The Labute approximate surface area is 126 Å². The van der Waals surface area contributed by atoms with E-state index in [9.17, 15) is 4.79 Å². The van der Waals surface area contributed by atoms with Gasteiger partial charge in [0.05, 0.1) is 4.88 Å². The van der Waals surface area contributed by atoms with Crippen LogP contribution < -0.4 is 5.73 Å². The maximum Gasteiger partial charge on any atom is 0.219 e. The standard InChI is InChI=1S/C16H15N3OS/c17-15(20)8-10-19-11-9-18-16(19)14-7-6-13(21-14)12-4-2-1-3-5-12/h1-7,9,11H,8,10H2,(H2,17,20). The van der Waals surface area contributed by atoms with Crippen molar-refractivity contribution in [2.45, 2.75) is 13.0 Å². The molecule has 2 aromatic heterocycles. The Balaban J connectivity index is 1.87. The molecule has 106 valence electrons. The Morgan fingerprint density at radius 3 is 2.67 bits per heavy atom. The van der Waals surface area contributed by atoms with Gasteiger partial charge in [0.2, 0.25) is 5.91 Å². The Bertz CT molecular complexity index is 746. The Morgan fingerprint density at radius 1 is 1.14 bits per heavy atom. The molecular weight excluding hydrogens is 282 g/mol. The minimum Gasteiger partial charge on any atom is -0.370 e. The van der Waals surface area contributed by atoms with Crippen molar-refractivity contribution >= 4 is 17.2 Å². The summed E-state index contributed by atoms with van der Waals surface area (Å²) < 4.78 is 1.96. The highest BCUT2D eigenvalue weighted by atomic mass is 32.1. The van der Waals surface area contributed by atoms with Gasteiger partial charge in [-0.3, -0.25) is 4.79 Å². The van der Waals surface area contributed by atoms with Crippen LogP contribution in [0.5, 0.6) is 0 Å². The van der Waals surface area contributed by atoms with Gasteiger partial charge < -0.3 is 10.3 Å². The fraction of sp³-hybridized carbons (Fsp3) is 0.125. The first-order valence-corrected chi connectivity index (χ1v) is 7.51. The molecule has 0 aliphatic carbocycles. The highest BCUT2D eigenvalue weighted by Gasteiger charge is 2.10. The van der Waals surface area contributed by atoms with Gasteiger partial charge in [-0.15, -0.1) is 11.3 Å². The molecule has 0 aliphatic heterocycles. The first kappa shape index (κ1) is 13.6. The van der Waals surface area contributed by atoms with Crippen molar-refractivity contribution in [3.63, 3.8) is 0 Å². The summed E-state index contributed by atoms with van der Waals surface area (Å²) in [5, 5.41) is 0. The van der Waals surface area contributed by atoms with Crippen LogP contribution in [0.1, 0.15) is 6.42 Å². The van der Waals surface area contributed by atoms with Gasteiger partial charge in [0.25, 0.3) is 0 Å². The van der Waals surface area contributed by atoms with E-state index in [1.807, 2.05) is 29.0 Å². The lowest BCUT2D eigenvalue weighted by Crippen LogP contribution is -2.13. The van der Waals surface area contributed by atoms with Gasteiger partial charge in [-0.25, -0.2) is 4.98 Å². The molecule has 0 saturated carbocycles. The summed E-state index contributed by atoms with van der Waals surface area (Å²) in [7, 11) is 0. The van der Waals surface area contributed by atoms with Gasteiger partial charge in [0, 0.05) is 30.2 Å². The zero-order valence-electron chi connectivity index (χ0n) is 11.4. The number of imidazole rings is 1. The largest absolute Gasteiger partial charge is 0.370 e. The maximum atomic E-state index is 10.9. The maximum absolute atomic E-state index is 10.9. The molecule has 3 rings (SSSR count). The fourth-order valence-corrected chi connectivity index (χ4v) is 3.19. The number of aryl methyl sites for hydroxylation is 1. The molecule has 2 N–H and O–H groups in total. The van der Waals surface area contributed by atoms with E-state index in [0.717, 1.165) is 10.7 Å². The van der Waals surface area contributed by atoms with Crippen molar-refractivity contribution in [2.24, 2.45) is 5.73 Å². The van der Waals surface area contributed by atoms with Crippen LogP contribution in [-0.2, 0) is 11.3 Å². The molecule has 4 nitrogen and oxygen atoms in total. The third kappa shape index (κ3) is 3.03. The zero-order valence-corrected chi connectivity index (χ0v) is 12.2. The van der Waals surface area contributed by atoms with Crippen molar-refractivity contribution in [1.29, 1.82) is 0 Å². The molecular formula is C16H15N3OS. The average Bonchev–Trinajstić information content (AvgIpc) is 3.14. The number of amides is 1. The van der Waals surface area contributed by atoms with E-state index in [0.29, 0.717) is 13.0 Å². The Hall–Kier alpha value is -2.40. The van der Waals surface area contributed by atoms with E-state index in [1.165, 1.54) is 10.4 Å². The van der Waals surface area contributed by atoms with Crippen LogP contribution in [0.4, 0.5) is 0 Å². The van der Waals surface area contributed by atoms with Crippen LogP contribution in [0.25, 0.3) is 21.1 Å². The normalized spacial score (nSPS) is 10.7. The highest BCUT2D eigenvalue weighted by molar-refractivity contribution is 7.18. The number of hydrogen-bond donors (Lipinski definition) is 1. The summed E-state index contributed by atoms with van der Waals surface area (Å²) >= 11 is 1.69. The van der Waals surface area contributed by atoms with Crippen LogP contribution >= 0.6 is 11.3 Å². The van der Waals surface area contributed by atoms with Crippen LogP contribution in [0.2, 0.25) is 0 Å². The number of hydrogen-bond acceptors (Lipinski definition) is 3. The number of primary amides is 1. The Morgan fingerprint density at radius 2 is 1.90 bits per heavy atom. The molecule has 0 spiro atoms. The summed E-state index contributed by atoms with van der Waals surface area (Å²) in [5.74, 6) is 0.578. The van der Waals surface area contributed by atoms with E-state index in [1.54, 1.807) is 17.5 Å². The lowest BCUT2D eigenvalue weighted by Gasteiger charge is -2.04. The second kappa shape index (κ2) is 5.93. The lowest BCUT2D eigenvalue weighted by atomic mass is 10.2. The monoisotopic (exact) mass is 297 g/mol. The van der Waals surface area contributed by atoms with Gasteiger partial charge >= 0.3 is 0 Å². The smallest absolute Gasteiger partial charge is 0.219 e. The predicted octanol–water partition coefficient (Wildman–Crippen LogP) is 3.15. The molecule has 0 fully saturated rings. The van der Waals surface area contributed by atoms with Crippen LogP contribution in [0.3, 0.4) is 0 Å². The summed E-state index contributed by atoms with van der Waals surface area (Å²) in [4.78, 5) is 17.6. The van der Waals surface area contributed by atoms with Crippen molar-refractivity contribution in [3.8, 4) is 21.1 Å². The Kier molecular flexibility index (Phi) is 3.83. The molecule has 1 amide bonds. The molecule has 1 aromatic carbocycles. The van der Waals surface area contributed by atoms with E-state index in [-0.39, 0.29) is 5.91 Å². The van der Waals surface area contributed by atoms with Gasteiger partial charge in [-0.2, -0.15) is 0 Å². The van der Waals surface area contributed by atoms with E-state index < -0.39 is 0 Å². The number of thiophene rings is 1. The van der Waals surface area contributed by atoms with Gasteiger partial charge in [-0.05, 0) is 17.7 Å². The molecule has 5 heteroatoms. The van der Waals surface area contributed by atoms with E-state index in [4.69, 9.17) is 5.73 Å². The van der Waals surface area contributed by atoms with Gasteiger partial charge in [0.15, 0.2) is 0 Å². The molecule has 3 aromatic rings. The van der Waals surface area contributed by atoms with Gasteiger partial charge in [-0.1, -0.05) is 30.3 Å². The predicted molar refractivity (Wildman–Crippen MR) is 84.8 cm³/mol. The van der Waals surface area contributed by atoms with Gasteiger partial charge in [0.1, 0.15) is 5.82 Å². The molecule has 21 heavy (non-hydrogen) atoms. The van der Waals surface area contributed by atoms with Crippen molar-refractivity contribution < 1.29 is 4.79 Å². The summed E-state index contributed by atoms with van der Waals surface area (Å²) in [6.07, 6.45) is 3.94. The summed E-state index contributed by atoms with van der Waals surface area (Å²) in [5.41, 5.74) is 6.41. The quantitative estimate of drug-likeness (QED) is 0.786. The number of benzene rings is 1. The highest BCUT2D eigenvalue weighted by Crippen LogP contribution is 2.33. The minimum atomic E-state index is -0.300. The third-order valence-electron chi connectivity index (χ3n) is 3.20. The first-order chi connectivity index (χ1) is 10.2. The second-order valence-electron chi connectivity index (χ2n) is 4.69. The second-order valence-corrected chi connectivity index (χ2v) is 5.77. The van der Waals surface area contributed by atoms with E-state index >= 15 is 0 Å². The zero-order chi connectivity index (χ0) is 14.7. The molecule has 0 unspecified atom stereocenters. The number of aromatic nitrogens is 2. The summed E-state index contributed by atoms with van der Waals surface area (Å²) in [6, 6.07) is 14.4. The minimum absolute atomic E-state index is 0.300. The SMILES string of the molecule is NC(=O)CCn1ccnc1-c1ccc(-c2ccccc2)s1. The molecule has 0 aliphatic rings. The van der Waals surface area contributed by atoms with Crippen LogP contribution in [-0.4, -0.2) is 15.5 Å². The molecule has 0 bridgehead atoms. The number of nitrogens with zero attached hydrogens (tertiary/aromatic N) is 2. The number of nitrogens with two attached hydrogens (primary N) is 1. The lowest BCUT2D eigenvalue weighted by molar-refractivity contribution is -0.118. The number of carbonyl (C=O) groups is 1. The van der Waals surface area contributed by atoms with Crippen LogP contribution in [0, 0.1) is 0 Å². The third-order valence-corrected chi connectivity index (χ3v) is 4.33. The average molecular weight is 297 g/mol.